The van der Waals surface area contributed by atoms with E-state index in [1.807, 2.05) is 50.3 Å². The van der Waals surface area contributed by atoms with Crippen LogP contribution < -0.4 is 14.5 Å². The number of aromatic hydroxyl groups is 1. The van der Waals surface area contributed by atoms with Gasteiger partial charge in [-0.1, -0.05) is 55.0 Å². The van der Waals surface area contributed by atoms with Gasteiger partial charge in [0.2, 0.25) is 23.6 Å². The van der Waals surface area contributed by atoms with E-state index in [0.717, 1.165) is 17.6 Å². The second kappa shape index (κ2) is 10.2. The zero-order valence-corrected chi connectivity index (χ0v) is 24.9. The lowest BCUT2D eigenvalue weighted by atomic mass is 9.51. The molecule has 2 aliphatic heterocycles. The quantitative estimate of drug-likeness (QED) is 0.315. The number of methoxy groups -OCH3 is 1. The maximum absolute atomic E-state index is 14.5. The zero-order valence-electron chi connectivity index (χ0n) is 24.9. The Balaban J connectivity index is 1.37. The number of carbonyl (C=O) groups is 4. The molecule has 3 fully saturated rings. The Morgan fingerprint density at radius 3 is 2.25 bits per heavy atom. The predicted molar refractivity (Wildman–Crippen MR) is 164 cm³/mol. The third-order valence-corrected chi connectivity index (χ3v) is 10.4. The minimum Gasteiger partial charge on any atom is -0.508 e. The molecule has 8 nitrogen and oxygen atoms in total. The third kappa shape index (κ3) is 3.82. The van der Waals surface area contributed by atoms with Gasteiger partial charge in [0, 0.05) is 17.5 Å². The Hall–Kier alpha value is -4.72. The van der Waals surface area contributed by atoms with Gasteiger partial charge in [-0.15, -0.1) is 0 Å². The first-order valence-electron chi connectivity index (χ1n) is 15.2. The van der Waals surface area contributed by atoms with Gasteiger partial charge in [-0.3, -0.25) is 24.1 Å². The summed E-state index contributed by atoms with van der Waals surface area (Å²) in [5.41, 5.74) is 2.50. The molecule has 2 saturated heterocycles. The summed E-state index contributed by atoms with van der Waals surface area (Å²) in [7, 11) is 1.50. The molecule has 0 spiro atoms. The number of phenols is 1. The molecule has 4 amide bonds. The number of imide groups is 2. The first-order chi connectivity index (χ1) is 21.2. The lowest BCUT2D eigenvalue weighted by Gasteiger charge is -2.49. The fourth-order valence-corrected chi connectivity index (χ4v) is 8.26. The van der Waals surface area contributed by atoms with Gasteiger partial charge < -0.3 is 9.84 Å². The van der Waals surface area contributed by atoms with Crippen LogP contribution in [0.2, 0.25) is 0 Å². The van der Waals surface area contributed by atoms with Crippen molar-refractivity contribution in [3.63, 3.8) is 0 Å². The van der Waals surface area contributed by atoms with Gasteiger partial charge in [0.1, 0.15) is 11.5 Å². The second-order valence-corrected chi connectivity index (χ2v) is 12.5. The standard InChI is InChI=1S/C36H34N2O6/c1-4-20-10-12-22(13-11-20)37-32(40)26-17-16-24-27(30(26)34(37)42)19-28-33(41)38(21-8-6-5-7-9-21)35(43)36(28,2)31(24)25-15-14-23(39)18-29(25)44-3/h5-16,18,26-28,30-31,39H,4,17,19H2,1-3H3. The molecule has 2 aliphatic carbocycles. The molecule has 0 radical (unpaired) electrons. The molecule has 6 atom stereocenters. The number of para-hydroxylation sites is 1. The second-order valence-electron chi connectivity index (χ2n) is 12.5. The lowest BCUT2D eigenvalue weighted by molar-refractivity contribution is -0.131. The van der Waals surface area contributed by atoms with Gasteiger partial charge in [-0.05, 0) is 68.0 Å². The number of nitrogens with zero attached hydrogens (tertiary/aromatic N) is 2. The van der Waals surface area contributed by atoms with E-state index in [2.05, 4.69) is 0 Å². The molecular formula is C36H34N2O6. The molecule has 6 unspecified atom stereocenters. The summed E-state index contributed by atoms with van der Waals surface area (Å²) in [4.78, 5) is 59.4. The Morgan fingerprint density at radius 2 is 1.57 bits per heavy atom. The largest absolute Gasteiger partial charge is 0.508 e. The SMILES string of the molecule is CCc1ccc(N2C(=O)C3CC=C4C(CC5C(=O)N(c6ccccc6)C(=O)C5(C)C4c4ccc(O)cc4OC)C3C2=O)cc1. The van der Waals surface area contributed by atoms with Crippen molar-refractivity contribution in [2.75, 3.05) is 16.9 Å². The van der Waals surface area contributed by atoms with E-state index in [9.17, 15) is 24.3 Å². The van der Waals surface area contributed by atoms with Crippen molar-refractivity contribution in [2.45, 2.75) is 39.0 Å². The van der Waals surface area contributed by atoms with E-state index in [1.54, 1.807) is 36.4 Å². The Morgan fingerprint density at radius 1 is 0.864 bits per heavy atom. The highest BCUT2D eigenvalue weighted by Gasteiger charge is 2.68. The Labute approximate surface area is 255 Å². The molecule has 1 N–H and O–H groups in total. The normalized spacial score (nSPS) is 29.3. The van der Waals surface area contributed by atoms with Crippen LogP contribution in [0.5, 0.6) is 11.5 Å². The van der Waals surface area contributed by atoms with Gasteiger partial charge in [0.25, 0.3) is 0 Å². The van der Waals surface area contributed by atoms with Gasteiger partial charge in [-0.2, -0.15) is 0 Å². The average Bonchev–Trinajstić information content (AvgIpc) is 3.41. The molecule has 8 heteroatoms. The third-order valence-electron chi connectivity index (χ3n) is 10.4. The number of hydrogen-bond acceptors (Lipinski definition) is 6. The van der Waals surface area contributed by atoms with Crippen LogP contribution in [0.1, 0.15) is 43.7 Å². The van der Waals surface area contributed by atoms with Gasteiger partial charge in [0.15, 0.2) is 0 Å². The monoisotopic (exact) mass is 590 g/mol. The van der Waals surface area contributed by atoms with Crippen molar-refractivity contribution >= 4 is 35.0 Å². The smallest absolute Gasteiger partial charge is 0.241 e. The molecular weight excluding hydrogens is 556 g/mol. The number of phenolic OH excluding ortho intramolecular Hbond substituents is 1. The Kier molecular flexibility index (Phi) is 6.50. The molecule has 3 aromatic carbocycles. The minimum absolute atomic E-state index is 0.0124. The number of hydrogen-bond donors (Lipinski definition) is 1. The van der Waals surface area contributed by atoms with Crippen LogP contribution in [0.4, 0.5) is 11.4 Å². The highest BCUT2D eigenvalue weighted by Crippen LogP contribution is 2.64. The van der Waals surface area contributed by atoms with Gasteiger partial charge >= 0.3 is 0 Å². The van der Waals surface area contributed by atoms with E-state index < -0.39 is 35.0 Å². The maximum Gasteiger partial charge on any atom is 0.241 e. The summed E-state index contributed by atoms with van der Waals surface area (Å²) in [5, 5.41) is 10.3. The van der Waals surface area contributed by atoms with Gasteiger partial charge in [0.05, 0.1) is 41.7 Å². The number of ether oxygens (including phenoxy) is 1. The van der Waals surface area contributed by atoms with E-state index in [1.165, 1.54) is 23.0 Å². The maximum atomic E-state index is 14.5. The fraction of sp³-hybridized carbons (Fsp3) is 0.333. The van der Waals surface area contributed by atoms with E-state index >= 15 is 0 Å². The van der Waals surface area contributed by atoms with Crippen LogP contribution in [0.3, 0.4) is 0 Å². The number of rotatable bonds is 5. The van der Waals surface area contributed by atoms with Crippen molar-refractivity contribution in [3.05, 3.63) is 95.6 Å². The summed E-state index contributed by atoms with van der Waals surface area (Å²) in [6, 6.07) is 21.2. The number of anilines is 2. The number of aryl methyl sites for hydroxylation is 1. The van der Waals surface area contributed by atoms with Crippen molar-refractivity contribution in [2.24, 2.45) is 29.1 Å². The molecule has 0 aromatic heterocycles. The van der Waals surface area contributed by atoms with Crippen LogP contribution >= 0.6 is 0 Å². The van der Waals surface area contributed by atoms with Crippen LogP contribution in [0, 0.1) is 29.1 Å². The first kappa shape index (κ1) is 28.1. The molecule has 3 aromatic rings. The number of amides is 4. The summed E-state index contributed by atoms with van der Waals surface area (Å²) < 4.78 is 5.72. The highest BCUT2D eigenvalue weighted by atomic mass is 16.5. The Bertz CT molecular complexity index is 1730. The topological polar surface area (TPSA) is 104 Å². The van der Waals surface area contributed by atoms with Crippen molar-refractivity contribution in [1.29, 1.82) is 0 Å². The summed E-state index contributed by atoms with van der Waals surface area (Å²) in [5.74, 6) is -3.70. The minimum atomic E-state index is -1.19. The van der Waals surface area contributed by atoms with Crippen molar-refractivity contribution in [1.82, 2.24) is 0 Å². The molecule has 0 bridgehead atoms. The number of benzene rings is 3. The highest BCUT2D eigenvalue weighted by molar-refractivity contribution is 6.25. The van der Waals surface area contributed by atoms with Crippen LogP contribution in [0.25, 0.3) is 0 Å². The van der Waals surface area contributed by atoms with E-state index in [-0.39, 0.29) is 35.8 Å². The average molecular weight is 591 g/mol. The number of allylic oxidation sites excluding steroid dienone is 2. The summed E-state index contributed by atoms with van der Waals surface area (Å²) >= 11 is 0. The van der Waals surface area contributed by atoms with E-state index in [0.29, 0.717) is 29.1 Å². The van der Waals surface area contributed by atoms with Crippen LogP contribution in [0.15, 0.2) is 84.4 Å². The molecule has 44 heavy (non-hydrogen) atoms. The molecule has 224 valence electrons. The summed E-state index contributed by atoms with van der Waals surface area (Å²) in [6.07, 6.45) is 3.49. The fourth-order valence-electron chi connectivity index (χ4n) is 8.26. The predicted octanol–water partition coefficient (Wildman–Crippen LogP) is 5.40. The molecule has 4 aliphatic rings. The van der Waals surface area contributed by atoms with Gasteiger partial charge in [-0.25, -0.2) is 4.90 Å². The van der Waals surface area contributed by atoms with Crippen LogP contribution in [-0.2, 0) is 25.6 Å². The molecule has 2 heterocycles. The molecule has 7 rings (SSSR count). The lowest BCUT2D eigenvalue weighted by Crippen LogP contribution is -2.49. The number of carbonyl (C=O) groups excluding carboxylic acids is 4. The first-order valence-corrected chi connectivity index (χ1v) is 15.2. The summed E-state index contributed by atoms with van der Waals surface area (Å²) in [6.45, 7) is 3.89. The van der Waals surface area contributed by atoms with E-state index in [4.69, 9.17) is 4.74 Å². The number of fused-ring (bicyclic) bond motifs is 4. The van der Waals surface area contributed by atoms with Crippen molar-refractivity contribution < 1.29 is 29.0 Å². The van der Waals surface area contributed by atoms with Crippen LogP contribution in [-0.4, -0.2) is 35.8 Å². The van der Waals surface area contributed by atoms with Crippen molar-refractivity contribution in [3.8, 4) is 11.5 Å². The zero-order chi connectivity index (χ0) is 30.9. The molecule has 1 saturated carbocycles.